The summed E-state index contributed by atoms with van der Waals surface area (Å²) in [6.07, 6.45) is 0. The van der Waals surface area contributed by atoms with Gasteiger partial charge in [-0.05, 0) is 110 Å². The van der Waals surface area contributed by atoms with Crippen LogP contribution in [0.15, 0.2) is 200 Å². The zero-order valence-electron chi connectivity index (χ0n) is 31.9. The molecule has 11 rings (SSSR count). The van der Waals surface area contributed by atoms with E-state index >= 15 is 0 Å². The summed E-state index contributed by atoms with van der Waals surface area (Å²) >= 11 is 1.89. The van der Waals surface area contributed by atoms with Gasteiger partial charge in [0.25, 0.3) is 0 Å². The maximum Gasteiger partial charge on any atom is 0.0540 e. The molecule has 0 radical (unpaired) electrons. The lowest BCUT2D eigenvalue weighted by Crippen LogP contribution is -2.16. The summed E-state index contributed by atoms with van der Waals surface area (Å²) in [5, 5.41) is 5.13. The van der Waals surface area contributed by atoms with Crippen LogP contribution in [0.5, 0.6) is 0 Å². The summed E-state index contributed by atoms with van der Waals surface area (Å²) in [5.41, 5.74) is 16.0. The number of hydrogen-bond acceptors (Lipinski definition) is 2. The molecule has 0 amide bonds. The fraction of sp³-hybridized carbons (Fsp3) is 0.0545. The Labute approximate surface area is 337 Å². The summed E-state index contributed by atoms with van der Waals surface area (Å²) in [6, 6.07) is 73.9. The maximum absolute atomic E-state index is 2.45. The number of fused-ring (bicyclic) bond motifs is 7. The van der Waals surface area contributed by atoms with Gasteiger partial charge >= 0.3 is 0 Å². The van der Waals surface area contributed by atoms with E-state index in [0.29, 0.717) is 0 Å². The molecule has 0 saturated heterocycles. The predicted octanol–water partition coefficient (Wildman–Crippen LogP) is 16.0. The number of para-hydroxylation sites is 1. The van der Waals surface area contributed by atoms with E-state index in [1.165, 1.54) is 86.6 Å². The highest BCUT2D eigenvalue weighted by Gasteiger charge is 2.36. The number of anilines is 3. The molecule has 9 aromatic carbocycles. The Kier molecular flexibility index (Phi) is 7.77. The van der Waals surface area contributed by atoms with E-state index in [9.17, 15) is 0 Å². The molecule has 57 heavy (non-hydrogen) atoms. The smallest absolute Gasteiger partial charge is 0.0540 e. The highest BCUT2D eigenvalue weighted by Crippen LogP contribution is 2.51. The number of rotatable bonds is 6. The van der Waals surface area contributed by atoms with Gasteiger partial charge in [0.15, 0.2) is 0 Å². The summed E-state index contributed by atoms with van der Waals surface area (Å²) in [7, 11) is 0. The molecule has 0 aliphatic heterocycles. The van der Waals surface area contributed by atoms with Crippen molar-refractivity contribution in [3.8, 4) is 44.5 Å². The molecule has 1 aliphatic carbocycles. The normalized spacial score (nSPS) is 12.9. The monoisotopic (exact) mass is 745 g/mol. The van der Waals surface area contributed by atoms with E-state index in [1.807, 2.05) is 11.3 Å². The van der Waals surface area contributed by atoms with Crippen molar-refractivity contribution in [3.63, 3.8) is 0 Å². The molecule has 1 heterocycles. The van der Waals surface area contributed by atoms with Crippen LogP contribution < -0.4 is 4.90 Å². The Hall–Kier alpha value is -6.74. The van der Waals surface area contributed by atoms with Gasteiger partial charge in [0, 0.05) is 48.1 Å². The number of thiophene rings is 1. The van der Waals surface area contributed by atoms with E-state index in [4.69, 9.17) is 0 Å². The van der Waals surface area contributed by atoms with Crippen LogP contribution in [-0.2, 0) is 5.41 Å². The molecule has 0 bridgehead atoms. The number of nitrogens with zero attached hydrogens (tertiary/aromatic N) is 1. The number of hydrogen-bond donors (Lipinski definition) is 0. The van der Waals surface area contributed by atoms with Crippen molar-refractivity contribution in [2.75, 3.05) is 4.90 Å². The first-order valence-electron chi connectivity index (χ1n) is 19.8. The van der Waals surface area contributed by atoms with Gasteiger partial charge < -0.3 is 4.90 Å². The summed E-state index contributed by atoms with van der Waals surface area (Å²) < 4.78 is 2.65. The van der Waals surface area contributed by atoms with Gasteiger partial charge in [0.1, 0.15) is 0 Å². The van der Waals surface area contributed by atoms with Crippen LogP contribution in [0.1, 0.15) is 25.0 Å². The van der Waals surface area contributed by atoms with E-state index in [2.05, 4.69) is 219 Å². The molecule has 1 aliphatic rings. The van der Waals surface area contributed by atoms with Crippen molar-refractivity contribution in [3.05, 3.63) is 211 Å². The minimum Gasteiger partial charge on any atom is -0.310 e. The molecule has 0 fully saturated rings. The number of benzene rings is 9. The van der Waals surface area contributed by atoms with Crippen molar-refractivity contribution in [2.24, 2.45) is 0 Å². The lowest BCUT2D eigenvalue weighted by Gasteiger charge is -2.30. The molecule has 1 aromatic heterocycles. The lowest BCUT2D eigenvalue weighted by molar-refractivity contribution is 0.660. The second-order valence-corrected chi connectivity index (χ2v) is 16.8. The van der Waals surface area contributed by atoms with Crippen LogP contribution in [0.3, 0.4) is 0 Å². The van der Waals surface area contributed by atoms with Crippen LogP contribution in [0.4, 0.5) is 17.1 Å². The molecule has 0 N–H and O–H groups in total. The second kappa shape index (κ2) is 13.2. The average molecular weight is 746 g/mol. The second-order valence-electron chi connectivity index (χ2n) is 15.7. The van der Waals surface area contributed by atoms with Crippen molar-refractivity contribution in [1.82, 2.24) is 0 Å². The Balaban J connectivity index is 1.07. The first kappa shape index (κ1) is 33.6. The molecule has 10 aromatic rings. The van der Waals surface area contributed by atoms with E-state index in [0.717, 1.165) is 17.1 Å². The largest absolute Gasteiger partial charge is 0.310 e. The Morgan fingerprint density at radius 3 is 1.91 bits per heavy atom. The molecule has 1 nitrogen and oxygen atoms in total. The van der Waals surface area contributed by atoms with Crippen LogP contribution in [-0.4, -0.2) is 0 Å². The van der Waals surface area contributed by atoms with Gasteiger partial charge in [0.05, 0.1) is 5.69 Å². The van der Waals surface area contributed by atoms with Gasteiger partial charge in [0.2, 0.25) is 0 Å². The summed E-state index contributed by atoms with van der Waals surface area (Å²) in [6.45, 7) is 4.72. The topological polar surface area (TPSA) is 3.24 Å². The first-order valence-corrected chi connectivity index (χ1v) is 20.6. The molecule has 0 unspecified atom stereocenters. The average Bonchev–Trinajstić information content (AvgIpc) is 3.75. The van der Waals surface area contributed by atoms with Crippen molar-refractivity contribution in [2.45, 2.75) is 19.3 Å². The van der Waals surface area contributed by atoms with E-state index < -0.39 is 0 Å². The minimum atomic E-state index is -0.108. The standard InChI is InChI=1S/C55H39NS/c1-55(2)50-21-11-8-19-45(50)46-31-30-43(35-51(46)55)56(52-22-12-9-18-44(52)38-15-4-3-5-16-38)42-28-26-37(27-29-42)41-33-48(40-25-24-36-14-6-7-17-39(36)32-40)54-49(34-41)47-20-10-13-23-53(47)57-54/h3-35H,1-2H3. The lowest BCUT2D eigenvalue weighted by atomic mass is 9.82. The zero-order valence-corrected chi connectivity index (χ0v) is 32.7. The molecule has 270 valence electrons. The Bertz CT molecular complexity index is 3150. The quantitative estimate of drug-likeness (QED) is 0.164. The van der Waals surface area contributed by atoms with Crippen LogP contribution >= 0.6 is 11.3 Å². The maximum atomic E-state index is 2.45. The van der Waals surface area contributed by atoms with E-state index in [-0.39, 0.29) is 5.41 Å². The van der Waals surface area contributed by atoms with Crippen molar-refractivity contribution < 1.29 is 0 Å². The summed E-state index contributed by atoms with van der Waals surface area (Å²) in [5.74, 6) is 0. The fourth-order valence-electron chi connectivity index (χ4n) is 9.16. The van der Waals surface area contributed by atoms with E-state index in [1.54, 1.807) is 0 Å². The summed E-state index contributed by atoms with van der Waals surface area (Å²) in [4.78, 5) is 2.45. The van der Waals surface area contributed by atoms with Crippen LogP contribution in [0.25, 0.3) is 75.5 Å². The third-order valence-electron chi connectivity index (χ3n) is 12.1. The van der Waals surface area contributed by atoms with Gasteiger partial charge in [-0.15, -0.1) is 11.3 Å². The minimum absolute atomic E-state index is 0.108. The van der Waals surface area contributed by atoms with Gasteiger partial charge in [-0.3, -0.25) is 0 Å². The third kappa shape index (κ3) is 5.51. The van der Waals surface area contributed by atoms with Crippen LogP contribution in [0, 0.1) is 0 Å². The molecule has 0 saturated carbocycles. The predicted molar refractivity (Wildman–Crippen MR) is 245 cm³/mol. The van der Waals surface area contributed by atoms with Crippen LogP contribution in [0.2, 0.25) is 0 Å². The molecule has 0 atom stereocenters. The van der Waals surface area contributed by atoms with Gasteiger partial charge in [-0.1, -0.05) is 159 Å². The Morgan fingerprint density at radius 1 is 0.386 bits per heavy atom. The van der Waals surface area contributed by atoms with Gasteiger partial charge in [-0.2, -0.15) is 0 Å². The zero-order chi connectivity index (χ0) is 38.1. The highest BCUT2D eigenvalue weighted by molar-refractivity contribution is 7.26. The molecular weight excluding hydrogens is 707 g/mol. The molecular formula is C55H39NS. The Morgan fingerprint density at radius 2 is 1.05 bits per heavy atom. The van der Waals surface area contributed by atoms with Gasteiger partial charge in [-0.25, -0.2) is 0 Å². The SMILES string of the molecule is CC1(C)c2ccccc2-c2ccc(N(c3ccc(-c4cc(-c5ccc6ccccc6c5)c5sc6ccccc6c5c4)cc3)c3ccccc3-c3ccccc3)cc21. The fourth-order valence-corrected chi connectivity index (χ4v) is 10.4. The highest BCUT2D eigenvalue weighted by atomic mass is 32.1. The first-order chi connectivity index (χ1) is 28.0. The molecule has 2 heteroatoms. The third-order valence-corrected chi connectivity index (χ3v) is 13.3. The van der Waals surface area contributed by atoms with Crippen molar-refractivity contribution in [1.29, 1.82) is 0 Å². The van der Waals surface area contributed by atoms with Crippen molar-refractivity contribution >= 4 is 59.3 Å². The molecule has 0 spiro atoms.